The minimum Gasteiger partial charge on any atom is -0.508 e. The normalized spacial score (nSPS) is 12.3. The summed E-state index contributed by atoms with van der Waals surface area (Å²) in [6.45, 7) is -1.94. The number of phenols is 1. The Kier molecular flexibility index (Phi) is 5.00. The van der Waals surface area contributed by atoms with Gasteiger partial charge in [-0.1, -0.05) is 0 Å². The molecule has 0 saturated carbocycles. The van der Waals surface area contributed by atoms with Crippen LogP contribution >= 0.6 is 0 Å². The number of benzene rings is 1. The molecule has 0 aliphatic rings. The molecule has 18 heavy (non-hydrogen) atoms. The number of rotatable bonds is 6. The van der Waals surface area contributed by atoms with Gasteiger partial charge in [-0.3, -0.25) is 0 Å². The van der Waals surface area contributed by atoms with Crippen molar-refractivity contribution in [3.05, 3.63) is 24.3 Å². The van der Waals surface area contributed by atoms with Crippen molar-refractivity contribution >= 4 is 10.0 Å². The molecule has 0 aromatic heterocycles. The third-order valence-electron chi connectivity index (χ3n) is 2.17. The van der Waals surface area contributed by atoms with Crippen LogP contribution < -0.4 is 0 Å². The maximum atomic E-state index is 12.3. The highest BCUT2D eigenvalue weighted by Crippen LogP contribution is 2.19. The fourth-order valence-electron chi connectivity index (χ4n) is 1.34. The van der Waals surface area contributed by atoms with Crippen molar-refractivity contribution in [3.63, 3.8) is 0 Å². The number of nitrogens with zero attached hydrogens (tertiary/aromatic N) is 1. The predicted octanol–water partition coefficient (Wildman–Crippen LogP) is 0.640. The molecule has 5 nitrogen and oxygen atoms in total. The molecule has 1 aromatic carbocycles. The average Bonchev–Trinajstić information content (AvgIpc) is 2.28. The minimum absolute atomic E-state index is 0.128. The first-order chi connectivity index (χ1) is 8.37. The zero-order chi connectivity index (χ0) is 13.8. The van der Waals surface area contributed by atoms with E-state index in [0.29, 0.717) is 4.31 Å². The van der Waals surface area contributed by atoms with Gasteiger partial charge >= 0.3 is 0 Å². The van der Waals surface area contributed by atoms with Gasteiger partial charge in [0.05, 0.1) is 18.0 Å². The molecule has 1 aromatic rings. The second-order valence-corrected chi connectivity index (χ2v) is 5.41. The van der Waals surface area contributed by atoms with Gasteiger partial charge in [-0.15, -0.1) is 0 Å². The van der Waals surface area contributed by atoms with Crippen molar-refractivity contribution in [1.29, 1.82) is 0 Å². The SMILES string of the molecule is O=S(=O)(c1ccc(O)cc1)N(CCO)CC(F)F. The van der Waals surface area contributed by atoms with Crippen LogP contribution in [-0.2, 0) is 10.0 Å². The van der Waals surface area contributed by atoms with Crippen molar-refractivity contribution in [3.8, 4) is 5.75 Å². The Labute approximate surface area is 103 Å². The molecule has 8 heteroatoms. The van der Waals surface area contributed by atoms with E-state index >= 15 is 0 Å². The lowest BCUT2D eigenvalue weighted by atomic mass is 10.3. The van der Waals surface area contributed by atoms with Gasteiger partial charge in [0.15, 0.2) is 0 Å². The summed E-state index contributed by atoms with van der Waals surface area (Å²) < 4.78 is 49.0. The maximum Gasteiger partial charge on any atom is 0.252 e. The summed E-state index contributed by atoms with van der Waals surface area (Å²) in [5.41, 5.74) is 0. The standard InChI is InChI=1S/C10H13F2NO4S/c11-10(12)7-13(5-6-14)18(16,17)9-3-1-8(15)2-4-9/h1-4,10,14-15H,5-7H2. The van der Waals surface area contributed by atoms with E-state index < -0.39 is 36.1 Å². The Morgan fingerprint density at radius 1 is 1.22 bits per heavy atom. The van der Waals surface area contributed by atoms with Gasteiger partial charge in [-0.2, -0.15) is 4.31 Å². The summed E-state index contributed by atoms with van der Waals surface area (Å²) in [6.07, 6.45) is -2.83. The molecule has 0 radical (unpaired) electrons. The lowest BCUT2D eigenvalue weighted by molar-refractivity contribution is 0.113. The summed E-state index contributed by atoms with van der Waals surface area (Å²) in [4.78, 5) is -0.214. The molecular weight excluding hydrogens is 268 g/mol. The molecule has 102 valence electrons. The highest BCUT2D eigenvalue weighted by molar-refractivity contribution is 7.89. The Morgan fingerprint density at radius 3 is 2.22 bits per heavy atom. The number of halogens is 2. The molecule has 1 rings (SSSR count). The number of aliphatic hydroxyl groups excluding tert-OH is 1. The molecule has 0 atom stereocenters. The van der Waals surface area contributed by atoms with Crippen LogP contribution in [0.1, 0.15) is 0 Å². The molecule has 2 N–H and O–H groups in total. The van der Waals surface area contributed by atoms with Crippen LogP contribution in [-0.4, -0.2) is 49.1 Å². The third kappa shape index (κ3) is 3.62. The number of sulfonamides is 1. The van der Waals surface area contributed by atoms with E-state index in [9.17, 15) is 17.2 Å². The van der Waals surface area contributed by atoms with Crippen molar-refractivity contribution in [1.82, 2.24) is 4.31 Å². The smallest absolute Gasteiger partial charge is 0.252 e. The number of phenolic OH excluding ortho intramolecular Hbond substituents is 1. The molecule has 0 bridgehead atoms. The second kappa shape index (κ2) is 6.07. The highest BCUT2D eigenvalue weighted by atomic mass is 32.2. The first-order valence-corrected chi connectivity index (χ1v) is 6.50. The lowest BCUT2D eigenvalue weighted by Gasteiger charge is -2.20. The predicted molar refractivity (Wildman–Crippen MR) is 60.0 cm³/mol. The van der Waals surface area contributed by atoms with E-state index in [-0.39, 0.29) is 10.6 Å². The molecule has 0 aliphatic heterocycles. The summed E-state index contributed by atoms with van der Waals surface area (Å²) in [6, 6.07) is 4.51. The van der Waals surface area contributed by atoms with Crippen molar-refractivity contribution < 1.29 is 27.4 Å². The Hall–Kier alpha value is -1.25. The molecule has 0 aliphatic carbocycles. The third-order valence-corrected chi connectivity index (χ3v) is 4.04. The monoisotopic (exact) mass is 281 g/mol. The van der Waals surface area contributed by atoms with Crippen LogP contribution in [0.25, 0.3) is 0 Å². The van der Waals surface area contributed by atoms with Crippen LogP contribution in [0.4, 0.5) is 8.78 Å². The van der Waals surface area contributed by atoms with Gasteiger partial charge in [-0.25, -0.2) is 17.2 Å². The minimum atomic E-state index is -4.09. The van der Waals surface area contributed by atoms with Gasteiger partial charge in [0, 0.05) is 6.54 Å². The van der Waals surface area contributed by atoms with Crippen LogP contribution in [0.2, 0.25) is 0 Å². The van der Waals surface area contributed by atoms with E-state index in [1.54, 1.807) is 0 Å². The number of hydrogen-bond donors (Lipinski definition) is 2. The summed E-state index contributed by atoms with van der Waals surface area (Å²) in [5.74, 6) is -0.128. The molecule has 0 unspecified atom stereocenters. The van der Waals surface area contributed by atoms with Crippen molar-refractivity contribution in [2.24, 2.45) is 0 Å². The molecule has 0 amide bonds. The summed E-state index contributed by atoms with van der Waals surface area (Å²) in [7, 11) is -4.09. The van der Waals surface area contributed by atoms with Crippen LogP contribution in [0.3, 0.4) is 0 Å². The zero-order valence-electron chi connectivity index (χ0n) is 9.33. The van der Waals surface area contributed by atoms with Crippen LogP contribution in [0.15, 0.2) is 29.2 Å². The molecule has 0 spiro atoms. The van der Waals surface area contributed by atoms with Gasteiger partial charge in [-0.05, 0) is 24.3 Å². The summed E-state index contributed by atoms with van der Waals surface area (Å²) >= 11 is 0. The van der Waals surface area contributed by atoms with Gasteiger partial charge in [0.25, 0.3) is 6.43 Å². The van der Waals surface area contributed by atoms with Gasteiger partial charge < -0.3 is 10.2 Å². The second-order valence-electron chi connectivity index (χ2n) is 3.47. The lowest BCUT2D eigenvalue weighted by Crippen LogP contribution is -2.37. The van der Waals surface area contributed by atoms with Crippen LogP contribution in [0.5, 0.6) is 5.75 Å². The molecule has 0 saturated heterocycles. The topological polar surface area (TPSA) is 77.8 Å². The van der Waals surface area contributed by atoms with E-state index in [1.165, 1.54) is 0 Å². The van der Waals surface area contributed by atoms with Crippen molar-refractivity contribution in [2.75, 3.05) is 19.7 Å². The Bertz CT molecular complexity index is 475. The number of aromatic hydroxyl groups is 1. The number of alkyl halides is 2. The van der Waals surface area contributed by atoms with E-state index in [1.807, 2.05) is 0 Å². The van der Waals surface area contributed by atoms with Crippen LogP contribution in [0, 0.1) is 0 Å². The Morgan fingerprint density at radius 2 is 1.78 bits per heavy atom. The Balaban J connectivity index is 3.04. The quantitative estimate of drug-likeness (QED) is 0.802. The zero-order valence-corrected chi connectivity index (χ0v) is 10.1. The molecule has 0 heterocycles. The molecular formula is C10H13F2NO4S. The van der Waals surface area contributed by atoms with E-state index in [2.05, 4.69) is 0 Å². The first-order valence-electron chi connectivity index (χ1n) is 5.06. The fourth-order valence-corrected chi connectivity index (χ4v) is 2.75. The van der Waals surface area contributed by atoms with E-state index in [4.69, 9.17) is 10.2 Å². The average molecular weight is 281 g/mol. The molecule has 0 fully saturated rings. The highest BCUT2D eigenvalue weighted by Gasteiger charge is 2.26. The first kappa shape index (κ1) is 14.8. The number of aliphatic hydroxyl groups is 1. The van der Waals surface area contributed by atoms with E-state index in [0.717, 1.165) is 24.3 Å². The van der Waals surface area contributed by atoms with Crippen molar-refractivity contribution in [2.45, 2.75) is 11.3 Å². The van der Waals surface area contributed by atoms with Gasteiger partial charge in [0.2, 0.25) is 10.0 Å². The summed E-state index contributed by atoms with van der Waals surface area (Å²) in [5, 5.41) is 17.8. The van der Waals surface area contributed by atoms with Gasteiger partial charge in [0.1, 0.15) is 5.75 Å². The maximum absolute atomic E-state index is 12.3. The largest absolute Gasteiger partial charge is 0.508 e. The fraction of sp³-hybridized carbons (Fsp3) is 0.400. The number of hydrogen-bond acceptors (Lipinski definition) is 4.